The van der Waals surface area contributed by atoms with Crippen molar-refractivity contribution in [2.45, 2.75) is 13.0 Å². The normalized spacial score (nSPS) is 12.2. The van der Waals surface area contributed by atoms with Gasteiger partial charge in [0.05, 0.1) is 6.04 Å². The molecule has 1 aromatic carbocycles. The minimum Gasteiger partial charge on any atom is -0.336 e. The number of benzene rings is 1. The predicted octanol–water partition coefficient (Wildman–Crippen LogP) is 2.41. The van der Waals surface area contributed by atoms with E-state index in [1.165, 1.54) is 23.5 Å². The van der Waals surface area contributed by atoms with Crippen LogP contribution in [0.25, 0.3) is 0 Å². The molecule has 1 aromatic heterocycles. The number of carbonyl (C=O) groups excluding carboxylic acids is 1. The molecule has 6 nitrogen and oxygen atoms in total. The van der Waals surface area contributed by atoms with Gasteiger partial charge in [-0.1, -0.05) is 23.5 Å². The molecule has 0 unspecified atom stereocenters. The van der Waals surface area contributed by atoms with Crippen molar-refractivity contribution in [1.82, 2.24) is 20.4 Å². The minimum atomic E-state index is -0.362. The van der Waals surface area contributed by atoms with Crippen LogP contribution >= 0.6 is 11.3 Å². The molecule has 0 fully saturated rings. The molecule has 2 rings (SSSR count). The van der Waals surface area contributed by atoms with Gasteiger partial charge in [0, 0.05) is 6.54 Å². The molecule has 0 saturated carbocycles. The van der Waals surface area contributed by atoms with Crippen molar-refractivity contribution < 1.29 is 9.18 Å². The fraction of sp³-hybridized carbons (Fsp3) is 0.357. The van der Waals surface area contributed by atoms with Crippen molar-refractivity contribution in [3.05, 3.63) is 40.7 Å². The number of likely N-dealkylation sites (N-methyl/N-ethyl adjacent to an activating group) is 1. The summed E-state index contributed by atoms with van der Waals surface area (Å²) in [5.74, 6) is -0.293. The highest BCUT2D eigenvalue weighted by atomic mass is 32.1. The summed E-state index contributed by atoms with van der Waals surface area (Å²) < 4.78 is 13.3. The van der Waals surface area contributed by atoms with Crippen LogP contribution < -0.4 is 10.6 Å². The Morgan fingerprint density at radius 3 is 2.77 bits per heavy atom. The number of anilines is 1. The number of aromatic nitrogens is 2. The third-order valence-corrected chi connectivity index (χ3v) is 3.81. The van der Waals surface area contributed by atoms with Gasteiger partial charge < -0.3 is 10.2 Å². The number of nitrogens with zero attached hydrogens (tertiary/aromatic N) is 3. The molecule has 8 heteroatoms. The summed E-state index contributed by atoms with van der Waals surface area (Å²) in [4.78, 5) is 13.8. The first-order chi connectivity index (χ1) is 10.5. The van der Waals surface area contributed by atoms with E-state index in [0.29, 0.717) is 11.7 Å². The second-order valence-electron chi connectivity index (χ2n) is 5.00. The molecule has 0 aliphatic carbocycles. The van der Waals surface area contributed by atoms with Gasteiger partial charge in [-0.3, -0.25) is 5.32 Å². The smallest absolute Gasteiger partial charge is 0.321 e. The summed E-state index contributed by atoms with van der Waals surface area (Å²) in [6.07, 6.45) is 0. The van der Waals surface area contributed by atoms with Gasteiger partial charge in [0.2, 0.25) is 5.13 Å². The van der Waals surface area contributed by atoms with Crippen LogP contribution in [0.2, 0.25) is 0 Å². The third kappa shape index (κ3) is 4.47. The second-order valence-corrected chi connectivity index (χ2v) is 6.18. The number of aryl methyl sites for hydroxylation is 1. The number of nitrogens with one attached hydrogen (secondary N) is 2. The molecule has 0 aliphatic rings. The molecule has 118 valence electrons. The van der Waals surface area contributed by atoms with E-state index >= 15 is 0 Å². The van der Waals surface area contributed by atoms with Crippen LogP contribution in [-0.4, -0.2) is 41.8 Å². The lowest BCUT2D eigenvalue weighted by Crippen LogP contribution is -2.36. The summed E-state index contributed by atoms with van der Waals surface area (Å²) in [6.45, 7) is 2.16. The molecule has 2 N–H and O–H groups in total. The number of carbonyl (C=O) groups is 1. The Morgan fingerprint density at radius 1 is 1.41 bits per heavy atom. The summed E-state index contributed by atoms with van der Waals surface area (Å²) >= 11 is 1.30. The molecule has 0 bridgehead atoms. The molecule has 1 atom stereocenters. The topological polar surface area (TPSA) is 70.1 Å². The number of hydrogen-bond donors (Lipinski definition) is 2. The summed E-state index contributed by atoms with van der Waals surface area (Å²) in [7, 11) is 3.76. The monoisotopic (exact) mass is 323 g/mol. The molecule has 2 aromatic rings. The summed E-state index contributed by atoms with van der Waals surface area (Å²) in [5.41, 5.74) is 0.803. The number of hydrogen-bond acceptors (Lipinski definition) is 5. The Balaban J connectivity index is 1.95. The lowest BCUT2D eigenvalue weighted by atomic mass is 10.1. The van der Waals surface area contributed by atoms with Crippen LogP contribution in [0.4, 0.5) is 14.3 Å². The van der Waals surface area contributed by atoms with Gasteiger partial charge in [0.1, 0.15) is 10.8 Å². The first kappa shape index (κ1) is 16.3. The largest absolute Gasteiger partial charge is 0.336 e. The maximum atomic E-state index is 13.3. The van der Waals surface area contributed by atoms with E-state index in [1.54, 1.807) is 6.07 Å². The molecular formula is C14H18FN5OS. The Labute approximate surface area is 132 Å². The average Bonchev–Trinajstić information content (AvgIpc) is 2.84. The van der Waals surface area contributed by atoms with Gasteiger partial charge in [-0.15, -0.1) is 10.2 Å². The van der Waals surface area contributed by atoms with E-state index in [9.17, 15) is 9.18 Å². The van der Waals surface area contributed by atoms with E-state index in [1.807, 2.05) is 32.0 Å². The molecule has 0 radical (unpaired) electrons. The molecule has 0 spiro atoms. The number of halogens is 1. The maximum Gasteiger partial charge on any atom is 0.321 e. The Kier molecular flexibility index (Phi) is 5.40. The van der Waals surface area contributed by atoms with Gasteiger partial charge in [-0.25, -0.2) is 9.18 Å². The van der Waals surface area contributed by atoms with Crippen LogP contribution in [0.5, 0.6) is 0 Å². The van der Waals surface area contributed by atoms with Crippen LogP contribution in [0.15, 0.2) is 24.3 Å². The van der Waals surface area contributed by atoms with Crippen molar-refractivity contribution in [2.24, 2.45) is 0 Å². The molecule has 2 amide bonds. The lowest BCUT2D eigenvalue weighted by Gasteiger charge is -2.25. The third-order valence-electron chi connectivity index (χ3n) is 3.06. The van der Waals surface area contributed by atoms with Crippen molar-refractivity contribution in [2.75, 3.05) is 26.0 Å². The number of rotatable bonds is 5. The summed E-state index contributed by atoms with van der Waals surface area (Å²) in [6, 6.07) is 5.87. The number of amides is 2. The molecule has 22 heavy (non-hydrogen) atoms. The van der Waals surface area contributed by atoms with Crippen LogP contribution in [-0.2, 0) is 0 Å². The molecule has 1 heterocycles. The van der Waals surface area contributed by atoms with Crippen LogP contribution in [0, 0.1) is 12.7 Å². The highest BCUT2D eigenvalue weighted by molar-refractivity contribution is 7.15. The van der Waals surface area contributed by atoms with E-state index in [2.05, 4.69) is 20.8 Å². The van der Waals surface area contributed by atoms with Crippen molar-refractivity contribution in [1.29, 1.82) is 0 Å². The molecule has 0 aliphatic heterocycles. The Bertz CT molecular complexity index is 646. The average molecular weight is 323 g/mol. The van der Waals surface area contributed by atoms with E-state index < -0.39 is 0 Å². The SMILES string of the molecule is Cc1nnc(NC(=O)NC[C@H](c2cccc(F)c2)N(C)C)s1. The maximum absolute atomic E-state index is 13.3. The van der Waals surface area contributed by atoms with Crippen LogP contribution in [0.3, 0.4) is 0 Å². The highest BCUT2D eigenvalue weighted by Gasteiger charge is 2.16. The highest BCUT2D eigenvalue weighted by Crippen LogP contribution is 2.18. The fourth-order valence-corrected chi connectivity index (χ4v) is 2.58. The fourth-order valence-electron chi connectivity index (χ4n) is 1.99. The van der Waals surface area contributed by atoms with Gasteiger partial charge in [-0.2, -0.15) is 0 Å². The molecular weight excluding hydrogens is 305 g/mol. The second kappa shape index (κ2) is 7.28. The molecule has 0 saturated heterocycles. The first-order valence-electron chi connectivity index (χ1n) is 6.72. The summed E-state index contributed by atoms with van der Waals surface area (Å²) in [5, 5.41) is 14.3. The van der Waals surface area contributed by atoms with Gasteiger partial charge >= 0.3 is 6.03 Å². The standard InChI is InChI=1S/C14H18FN5OS/c1-9-18-19-14(22-9)17-13(21)16-8-12(20(2)3)10-5-4-6-11(15)7-10/h4-7,12H,8H2,1-3H3,(H2,16,17,19,21)/t12-/m1/s1. The zero-order valence-corrected chi connectivity index (χ0v) is 13.4. The zero-order chi connectivity index (χ0) is 16.1. The Morgan fingerprint density at radius 2 is 2.18 bits per heavy atom. The Hall–Kier alpha value is -2.06. The van der Waals surface area contributed by atoms with Crippen molar-refractivity contribution in [3.8, 4) is 0 Å². The van der Waals surface area contributed by atoms with Crippen molar-refractivity contribution >= 4 is 22.5 Å². The predicted molar refractivity (Wildman–Crippen MR) is 84.5 cm³/mol. The first-order valence-corrected chi connectivity index (χ1v) is 7.54. The van der Waals surface area contributed by atoms with E-state index in [4.69, 9.17) is 0 Å². The lowest BCUT2D eigenvalue weighted by molar-refractivity contribution is 0.243. The van der Waals surface area contributed by atoms with Crippen molar-refractivity contribution in [3.63, 3.8) is 0 Å². The number of urea groups is 1. The van der Waals surface area contributed by atoms with Gasteiger partial charge in [0.25, 0.3) is 0 Å². The van der Waals surface area contributed by atoms with E-state index in [-0.39, 0.29) is 17.9 Å². The van der Waals surface area contributed by atoms with Gasteiger partial charge in [-0.05, 0) is 38.7 Å². The zero-order valence-electron chi connectivity index (χ0n) is 12.6. The quantitative estimate of drug-likeness (QED) is 0.886. The van der Waals surface area contributed by atoms with E-state index in [0.717, 1.165) is 10.6 Å². The van der Waals surface area contributed by atoms with Gasteiger partial charge in [0.15, 0.2) is 0 Å². The minimum absolute atomic E-state index is 0.127. The van der Waals surface area contributed by atoms with Crippen LogP contribution in [0.1, 0.15) is 16.6 Å².